The second kappa shape index (κ2) is 7.81. The number of hydrazine groups is 1. The van der Waals surface area contributed by atoms with Gasteiger partial charge in [0.2, 0.25) is 5.95 Å². The summed E-state index contributed by atoms with van der Waals surface area (Å²) in [5.74, 6) is 7.30. The van der Waals surface area contributed by atoms with E-state index in [4.69, 9.17) is 22.0 Å². The van der Waals surface area contributed by atoms with Crippen LogP contribution >= 0.6 is 0 Å². The van der Waals surface area contributed by atoms with Gasteiger partial charge in [0, 0.05) is 35.3 Å². The highest BCUT2D eigenvalue weighted by atomic mass is 15.4. The van der Waals surface area contributed by atoms with Crippen LogP contribution in [0, 0.1) is 5.41 Å². The van der Waals surface area contributed by atoms with E-state index in [-0.39, 0.29) is 11.5 Å². The van der Waals surface area contributed by atoms with Crippen molar-refractivity contribution in [2.45, 2.75) is 26.3 Å². The minimum atomic E-state index is -0.218. The summed E-state index contributed by atoms with van der Waals surface area (Å²) >= 11 is 0. The number of nitrogen functional groups attached to an aromatic ring is 1. The van der Waals surface area contributed by atoms with E-state index in [1.54, 1.807) is 17.4 Å². The van der Waals surface area contributed by atoms with Crippen LogP contribution in [0.3, 0.4) is 0 Å². The molecule has 0 radical (unpaired) electrons. The van der Waals surface area contributed by atoms with Gasteiger partial charge >= 0.3 is 0 Å². The van der Waals surface area contributed by atoms with Gasteiger partial charge in [0.1, 0.15) is 5.82 Å². The van der Waals surface area contributed by atoms with Crippen molar-refractivity contribution in [3.63, 3.8) is 0 Å². The number of fused-ring (bicyclic) bond motifs is 1. The second-order valence-corrected chi connectivity index (χ2v) is 8.35. The number of rotatable bonds is 5. The van der Waals surface area contributed by atoms with Crippen LogP contribution in [0.15, 0.2) is 54.9 Å². The zero-order chi connectivity index (χ0) is 22.2. The standard InChI is InChI=1S/C23H26N8/c1-23(2,3)31-20-9-8-15(16-13-27-22(25)28-14-16)12-18(20)29-21(31)17-6-4-5-7-19(17)30(26)11-10-24/h4-10,12-14,24H,11,26H2,1-3H3,(H2,25,27,28). The van der Waals surface area contributed by atoms with Crippen LogP contribution in [-0.4, -0.2) is 32.3 Å². The van der Waals surface area contributed by atoms with E-state index < -0.39 is 0 Å². The highest BCUT2D eigenvalue weighted by Crippen LogP contribution is 2.36. The molecule has 8 nitrogen and oxygen atoms in total. The average Bonchev–Trinajstić information content (AvgIpc) is 3.13. The number of nitrogens with zero attached hydrogens (tertiary/aromatic N) is 5. The summed E-state index contributed by atoms with van der Waals surface area (Å²) in [4.78, 5) is 13.2. The van der Waals surface area contributed by atoms with Crippen molar-refractivity contribution < 1.29 is 0 Å². The number of para-hydroxylation sites is 1. The first-order chi connectivity index (χ1) is 14.8. The first-order valence-corrected chi connectivity index (χ1v) is 10.0. The van der Waals surface area contributed by atoms with Gasteiger partial charge in [-0.15, -0.1) is 0 Å². The van der Waals surface area contributed by atoms with Gasteiger partial charge in [-0.2, -0.15) is 0 Å². The molecule has 0 saturated carbocycles. The van der Waals surface area contributed by atoms with Crippen molar-refractivity contribution in [2.24, 2.45) is 5.84 Å². The lowest BCUT2D eigenvalue weighted by atomic mass is 10.0. The monoisotopic (exact) mass is 414 g/mol. The molecule has 5 N–H and O–H groups in total. The predicted molar refractivity (Wildman–Crippen MR) is 126 cm³/mol. The predicted octanol–water partition coefficient (Wildman–Crippen LogP) is 3.83. The molecule has 0 atom stereocenters. The molecule has 0 bridgehead atoms. The first-order valence-electron chi connectivity index (χ1n) is 10.0. The molecule has 2 heterocycles. The largest absolute Gasteiger partial charge is 0.368 e. The van der Waals surface area contributed by atoms with Gasteiger partial charge in [0.25, 0.3) is 0 Å². The lowest BCUT2D eigenvalue weighted by Crippen LogP contribution is -2.33. The average molecular weight is 415 g/mol. The fourth-order valence-corrected chi connectivity index (χ4v) is 3.72. The number of benzene rings is 2. The molecular formula is C23H26N8. The Hall–Kier alpha value is -3.78. The Morgan fingerprint density at radius 2 is 1.77 bits per heavy atom. The molecule has 31 heavy (non-hydrogen) atoms. The zero-order valence-electron chi connectivity index (χ0n) is 17.9. The van der Waals surface area contributed by atoms with Crippen molar-refractivity contribution in [1.29, 1.82) is 5.41 Å². The third-order valence-corrected chi connectivity index (χ3v) is 5.07. The molecule has 0 amide bonds. The van der Waals surface area contributed by atoms with Gasteiger partial charge < -0.3 is 20.7 Å². The van der Waals surface area contributed by atoms with Crippen LogP contribution in [0.25, 0.3) is 33.5 Å². The van der Waals surface area contributed by atoms with Gasteiger partial charge in [-0.25, -0.2) is 20.8 Å². The van der Waals surface area contributed by atoms with Crippen LogP contribution in [-0.2, 0) is 5.54 Å². The summed E-state index contributed by atoms with van der Waals surface area (Å²) in [6.45, 7) is 6.77. The summed E-state index contributed by atoms with van der Waals surface area (Å²) in [5.41, 5.74) is 10.9. The van der Waals surface area contributed by atoms with Crippen LogP contribution in [0.2, 0.25) is 0 Å². The maximum absolute atomic E-state index is 7.42. The van der Waals surface area contributed by atoms with E-state index in [1.807, 2.05) is 36.4 Å². The fraction of sp³-hybridized carbons (Fsp3) is 0.217. The quantitative estimate of drug-likeness (QED) is 0.259. The number of imidazole rings is 1. The molecule has 0 aliphatic heterocycles. The molecule has 158 valence electrons. The maximum Gasteiger partial charge on any atom is 0.219 e. The van der Waals surface area contributed by atoms with Gasteiger partial charge in [-0.3, -0.25) is 0 Å². The smallest absolute Gasteiger partial charge is 0.219 e. The fourth-order valence-electron chi connectivity index (χ4n) is 3.72. The van der Waals surface area contributed by atoms with E-state index in [1.165, 1.54) is 6.21 Å². The second-order valence-electron chi connectivity index (χ2n) is 8.35. The third-order valence-electron chi connectivity index (χ3n) is 5.07. The normalized spacial score (nSPS) is 11.6. The summed E-state index contributed by atoms with van der Waals surface area (Å²) < 4.78 is 2.22. The Balaban J connectivity index is 1.94. The molecule has 0 aliphatic carbocycles. The van der Waals surface area contributed by atoms with Crippen molar-refractivity contribution in [2.75, 3.05) is 17.3 Å². The SMILES string of the molecule is CC(C)(C)n1c(-c2ccccc2N(N)CC=N)nc2cc(-c3cnc(N)nc3)ccc21. The molecule has 0 aliphatic rings. The van der Waals surface area contributed by atoms with Crippen molar-refractivity contribution >= 4 is 28.9 Å². The van der Waals surface area contributed by atoms with Crippen LogP contribution in [0.5, 0.6) is 0 Å². The molecule has 8 heteroatoms. The number of hydrogen-bond donors (Lipinski definition) is 3. The van der Waals surface area contributed by atoms with Crippen molar-refractivity contribution in [1.82, 2.24) is 19.5 Å². The lowest BCUT2D eigenvalue weighted by molar-refractivity contribution is 0.413. The number of hydrogen-bond acceptors (Lipinski definition) is 7. The Labute approximate surface area is 181 Å². The molecule has 0 unspecified atom stereocenters. The van der Waals surface area contributed by atoms with Gasteiger partial charge in [0.15, 0.2) is 0 Å². The van der Waals surface area contributed by atoms with Crippen LogP contribution in [0.4, 0.5) is 11.6 Å². The van der Waals surface area contributed by atoms with Gasteiger partial charge in [-0.05, 0) is 50.6 Å². The number of anilines is 2. The molecule has 4 rings (SSSR count). The topological polar surface area (TPSA) is 123 Å². The minimum absolute atomic E-state index is 0.218. The number of nitrogens with two attached hydrogens (primary N) is 2. The molecule has 2 aromatic heterocycles. The van der Waals surface area contributed by atoms with E-state index in [0.29, 0.717) is 6.54 Å². The van der Waals surface area contributed by atoms with Gasteiger partial charge in [0.05, 0.1) is 23.3 Å². The zero-order valence-corrected chi connectivity index (χ0v) is 17.9. The van der Waals surface area contributed by atoms with Gasteiger partial charge in [-0.1, -0.05) is 18.2 Å². The molecule has 0 fully saturated rings. The third kappa shape index (κ3) is 3.85. The minimum Gasteiger partial charge on any atom is -0.368 e. The van der Waals surface area contributed by atoms with Crippen LogP contribution < -0.4 is 16.6 Å². The van der Waals surface area contributed by atoms with E-state index in [0.717, 1.165) is 39.2 Å². The highest BCUT2D eigenvalue weighted by Gasteiger charge is 2.24. The summed E-state index contributed by atoms with van der Waals surface area (Å²) in [5, 5.41) is 8.98. The van der Waals surface area contributed by atoms with E-state index >= 15 is 0 Å². The van der Waals surface area contributed by atoms with E-state index in [9.17, 15) is 0 Å². The number of nitrogens with one attached hydrogen (secondary N) is 1. The maximum atomic E-state index is 7.42. The highest BCUT2D eigenvalue weighted by molar-refractivity contribution is 5.88. The van der Waals surface area contributed by atoms with Crippen molar-refractivity contribution in [3.8, 4) is 22.5 Å². The number of aromatic nitrogens is 4. The Morgan fingerprint density at radius 1 is 1.06 bits per heavy atom. The summed E-state index contributed by atoms with van der Waals surface area (Å²) in [6, 6.07) is 14.0. The Kier molecular flexibility index (Phi) is 5.16. The molecule has 0 spiro atoms. The molecular weight excluding hydrogens is 388 g/mol. The van der Waals surface area contributed by atoms with E-state index in [2.05, 4.69) is 41.4 Å². The van der Waals surface area contributed by atoms with Crippen LogP contribution in [0.1, 0.15) is 20.8 Å². The Bertz CT molecular complexity index is 1230. The Morgan fingerprint density at radius 3 is 2.45 bits per heavy atom. The first kappa shape index (κ1) is 20.5. The summed E-state index contributed by atoms with van der Waals surface area (Å²) in [6.07, 6.45) is 4.71. The summed E-state index contributed by atoms with van der Waals surface area (Å²) in [7, 11) is 0. The lowest BCUT2D eigenvalue weighted by Gasteiger charge is -2.26. The molecule has 4 aromatic rings. The molecule has 2 aromatic carbocycles. The van der Waals surface area contributed by atoms with Crippen molar-refractivity contribution in [3.05, 3.63) is 54.9 Å². The molecule has 0 saturated heterocycles.